The van der Waals surface area contributed by atoms with Gasteiger partial charge in [0.2, 0.25) is 0 Å². The van der Waals surface area contributed by atoms with Crippen molar-refractivity contribution in [3.05, 3.63) is 0 Å². The van der Waals surface area contributed by atoms with Crippen molar-refractivity contribution in [2.75, 3.05) is 33.7 Å². The van der Waals surface area contributed by atoms with E-state index in [0.717, 1.165) is 25.6 Å². The van der Waals surface area contributed by atoms with Crippen LogP contribution in [0.2, 0.25) is 0 Å². The average Bonchev–Trinajstić information content (AvgIpc) is 2.24. The molecule has 0 atom stereocenters. The van der Waals surface area contributed by atoms with E-state index in [1.54, 1.807) is 0 Å². The number of rotatable bonds is 6. The van der Waals surface area contributed by atoms with Gasteiger partial charge in [-0.15, -0.1) is 24.0 Å². The lowest BCUT2D eigenvalue weighted by atomic mass is 10.1. The fourth-order valence-electron chi connectivity index (χ4n) is 1.50. The largest absolute Gasteiger partial charge is 0.355 e. The Balaban J connectivity index is 0. The predicted octanol–water partition coefficient (Wildman–Crippen LogP) is 2.30. The van der Waals surface area contributed by atoms with E-state index in [0.29, 0.717) is 0 Å². The van der Waals surface area contributed by atoms with Gasteiger partial charge >= 0.3 is 0 Å². The second-order valence-corrected chi connectivity index (χ2v) is 5.43. The van der Waals surface area contributed by atoms with Crippen LogP contribution in [0, 0.1) is 0 Å². The first-order valence-corrected chi connectivity index (χ1v) is 6.57. The molecule has 0 bridgehead atoms. The van der Waals surface area contributed by atoms with E-state index >= 15 is 0 Å². The Bertz CT molecular complexity index is 224. The van der Waals surface area contributed by atoms with E-state index in [1.165, 1.54) is 12.8 Å². The number of nitrogens with one attached hydrogen (secondary N) is 2. The molecule has 0 aromatic heterocycles. The maximum Gasteiger partial charge on any atom is 0.193 e. The molecule has 4 nitrogen and oxygen atoms in total. The minimum absolute atomic E-state index is 0. The van der Waals surface area contributed by atoms with Crippen LogP contribution in [0.15, 0.2) is 4.99 Å². The summed E-state index contributed by atoms with van der Waals surface area (Å²) in [6.45, 7) is 11.6. The molecule has 110 valence electrons. The van der Waals surface area contributed by atoms with E-state index in [4.69, 9.17) is 0 Å². The van der Waals surface area contributed by atoms with Crippen molar-refractivity contribution in [2.45, 2.75) is 46.1 Å². The number of guanidine groups is 1. The Morgan fingerprint density at radius 2 is 1.83 bits per heavy atom. The zero-order valence-corrected chi connectivity index (χ0v) is 15.2. The number of aliphatic imine (C=N–C) groups is 1. The molecule has 0 aromatic rings. The van der Waals surface area contributed by atoms with Gasteiger partial charge in [0.25, 0.3) is 0 Å². The van der Waals surface area contributed by atoms with Gasteiger partial charge in [0.1, 0.15) is 0 Å². The summed E-state index contributed by atoms with van der Waals surface area (Å²) in [6.07, 6.45) is 2.42. The molecule has 18 heavy (non-hydrogen) atoms. The van der Waals surface area contributed by atoms with Crippen LogP contribution in [-0.2, 0) is 0 Å². The van der Waals surface area contributed by atoms with Crippen LogP contribution in [0.1, 0.15) is 40.5 Å². The van der Waals surface area contributed by atoms with Crippen LogP contribution in [0.5, 0.6) is 0 Å². The van der Waals surface area contributed by atoms with Gasteiger partial charge in [0.05, 0.1) is 0 Å². The van der Waals surface area contributed by atoms with Crippen LogP contribution < -0.4 is 10.6 Å². The zero-order valence-electron chi connectivity index (χ0n) is 12.8. The fourth-order valence-corrected chi connectivity index (χ4v) is 1.50. The summed E-state index contributed by atoms with van der Waals surface area (Å²) >= 11 is 0. The summed E-state index contributed by atoms with van der Waals surface area (Å²) < 4.78 is 0. The summed E-state index contributed by atoms with van der Waals surface area (Å²) in [4.78, 5) is 6.46. The first-order valence-electron chi connectivity index (χ1n) is 6.57. The van der Waals surface area contributed by atoms with Gasteiger partial charge in [-0.2, -0.15) is 0 Å². The van der Waals surface area contributed by atoms with Crippen LogP contribution in [0.25, 0.3) is 0 Å². The highest BCUT2D eigenvalue weighted by Gasteiger charge is 2.08. The highest BCUT2D eigenvalue weighted by Crippen LogP contribution is 1.96. The van der Waals surface area contributed by atoms with Gasteiger partial charge < -0.3 is 15.5 Å². The minimum atomic E-state index is 0. The smallest absolute Gasteiger partial charge is 0.193 e. The summed E-state index contributed by atoms with van der Waals surface area (Å²) in [7, 11) is 3.92. The van der Waals surface area contributed by atoms with Crippen molar-refractivity contribution in [2.24, 2.45) is 4.99 Å². The van der Waals surface area contributed by atoms with Gasteiger partial charge in [0.15, 0.2) is 5.96 Å². The van der Waals surface area contributed by atoms with Crippen molar-refractivity contribution < 1.29 is 0 Å². The highest BCUT2D eigenvalue weighted by atomic mass is 127. The molecule has 0 aliphatic rings. The van der Waals surface area contributed by atoms with Crippen LogP contribution in [0.3, 0.4) is 0 Å². The second-order valence-electron chi connectivity index (χ2n) is 5.43. The molecule has 0 heterocycles. The molecule has 0 unspecified atom stereocenters. The standard InChI is InChI=1S/C13H30N4.HI/c1-7-8-11-17(6)12(14-5)15-9-10-16-13(2,3)4;/h16H,7-11H2,1-6H3,(H,14,15);1H. The summed E-state index contributed by atoms with van der Waals surface area (Å²) in [5.74, 6) is 0.981. The topological polar surface area (TPSA) is 39.7 Å². The van der Waals surface area contributed by atoms with E-state index in [1.807, 2.05) is 7.05 Å². The van der Waals surface area contributed by atoms with Gasteiger partial charge in [-0.3, -0.25) is 4.99 Å². The lowest BCUT2D eigenvalue weighted by Crippen LogP contribution is -2.45. The van der Waals surface area contributed by atoms with Crippen molar-refractivity contribution in [1.82, 2.24) is 15.5 Å². The number of unbranched alkanes of at least 4 members (excludes halogenated alkanes) is 1. The number of hydrogen-bond acceptors (Lipinski definition) is 2. The first-order chi connectivity index (χ1) is 7.90. The Kier molecular flexibility index (Phi) is 12.2. The quantitative estimate of drug-likeness (QED) is 0.326. The molecule has 0 aromatic carbocycles. The van der Waals surface area contributed by atoms with Gasteiger partial charge in [-0.25, -0.2) is 0 Å². The van der Waals surface area contributed by atoms with Crippen LogP contribution in [0.4, 0.5) is 0 Å². The van der Waals surface area contributed by atoms with E-state index in [2.05, 4.69) is 55.3 Å². The van der Waals surface area contributed by atoms with E-state index in [-0.39, 0.29) is 29.5 Å². The van der Waals surface area contributed by atoms with Crippen molar-refractivity contribution in [3.8, 4) is 0 Å². The van der Waals surface area contributed by atoms with Gasteiger partial charge in [-0.1, -0.05) is 13.3 Å². The summed E-state index contributed by atoms with van der Waals surface area (Å²) in [6, 6.07) is 0. The van der Waals surface area contributed by atoms with Gasteiger partial charge in [0, 0.05) is 39.3 Å². The Morgan fingerprint density at radius 3 is 2.28 bits per heavy atom. The third-order valence-electron chi connectivity index (χ3n) is 2.48. The van der Waals surface area contributed by atoms with E-state index < -0.39 is 0 Å². The molecular weight excluding hydrogens is 339 g/mol. The summed E-state index contributed by atoms with van der Waals surface area (Å²) in [5, 5.41) is 6.81. The van der Waals surface area contributed by atoms with Crippen molar-refractivity contribution >= 4 is 29.9 Å². The molecule has 5 heteroatoms. The Hall–Kier alpha value is -0.0400. The predicted molar refractivity (Wildman–Crippen MR) is 92.1 cm³/mol. The first kappa shape index (κ1) is 20.3. The third-order valence-corrected chi connectivity index (χ3v) is 2.48. The maximum absolute atomic E-state index is 4.28. The third kappa shape index (κ3) is 11.1. The molecule has 0 aliphatic heterocycles. The van der Waals surface area contributed by atoms with Crippen molar-refractivity contribution in [3.63, 3.8) is 0 Å². The number of hydrogen-bond donors (Lipinski definition) is 2. The Labute approximate surface area is 130 Å². The molecule has 0 aliphatic carbocycles. The van der Waals surface area contributed by atoms with Crippen LogP contribution in [-0.4, -0.2) is 50.1 Å². The van der Waals surface area contributed by atoms with E-state index in [9.17, 15) is 0 Å². The number of nitrogens with zero attached hydrogens (tertiary/aromatic N) is 2. The monoisotopic (exact) mass is 370 g/mol. The summed E-state index contributed by atoms with van der Waals surface area (Å²) in [5.41, 5.74) is 0.180. The highest BCUT2D eigenvalue weighted by molar-refractivity contribution is 14.0. The molecule has 0 amide bonds. The van der Waals surface area contributed by atoms with Crippen LogP contribution >= 0.6 is 24.0 Å². The molecule has 0 radical (unpaired) electrons. The fraction of sp³-hybridized carbons (Fsp3) is 0.923. The molecule has 2 N–H and O–H groups in total. The SMILES string of the molecule is CCCCN(C)C(=NC)NCCNC(C)(C)C.I. The molecule has 0 spiro atoms. The lowest BCUT2D eigenvalue weighted by Gasteiger charge is -2.24. The Morgan fingerprint density at radius 1 is 1.22 bits per heavy atom. The molecule has 0 rings (SSSR count). The average molecular weight is 370 g/mol. The normalized spacial score (nSPS) is 12.0. The van der Waals surface area contributed by atoms with Crippen molar-refractivity contribution in [1.29, 1.82) is 0 Å². The zero-order chi connectivity index (χ0) is 13.3. The lowest BCUT2D eigenvalue weighted by molar-refractivity contribution is 0.421. The molecule has 0 saturated carbocycles. The maximum atomic E-state index is 4.28. The molecular formula is C13H31IN4. The molecule has 0 saturated heterocycles. The second kappa shape index (κ2) is 10.8. The van der Waals surface area contributed by atoms with Gasteiger partial charge in [-0.05, 0) is 27.2 Å². The minimum Gasteiger partial charge on any atom is -0.355 e. The molecule has 0 fully saturated rings. The number of halogens is 1.